The topological polar surface area (TPSA) is 67.0 Å². The lowest BCUT2D eigenvalue weighted by Crippen LogP contribution is -2.23. The maximum atomic E-state index is 11.8. The molecule has 0 fully saturated rings. The minimum absolute atomic E-state index is 0.318. The number of nitrogens with one attached hydrogen (secondary N) is 2. The molecule has 1 aromatic heterocycles. The van der Waals surface area contributed by atoms with Crippen LogP contribution in [0.1, 0.15) is 0 Å². The molecule has 0 bridgehead atoms. The van der Waals surface area contributed by atoms with Crippen LogP contribution in [0.2, 0.25) is 0 Å². The summed E-state index contributed by atoms with van der Waals surface area (Å²) in [4.78, 5) is 11.1. The number of fused-ring (bicyclic) bond motifs is 1. The van der Waals surface area contributed by atoms with Gasteiger partial charge in [0, 0.05) is 11.1 Å². The molecule has 2 rings (SSSR count). The van der Waals surface area contributed by atoms with Crippen molar-refractivity contribution in [1.82, 2.24) is 10.2 Å². The van der Waals surface area contributed by atoms with E-state index >= 15 is 0 Å². The van der Waals surface area contributed by atoms with Crippen molar-refractivity contribution in [2.45, 2.75) is 6.18 Å². The first-order valence-electron chi connectivity index (χ1n) is 4.88. The second kappa shape index (κ2) is 4.55. The van der Waals surface area contributed by atoms with E-state index in [0.717, 1.165) is 5.39 Å². The average molecular weight is 259 g/mol. The number of aromatic amines is 1. The van der Waals surface area contributed by atoms with Crippen LogP contribution in [0.3, 0.4) is 0 Å². The highest BCUT2D eigenvalue weighted by Crippen LogP contribution is 2.18. The number of ether oxygens (including phenoxy) is 1. The van der Waals surface area contributed by atoms with Gasteiger partial charge < -0.3 is 4.74 Å². The molecule has 0 unspecified atom stereocenters. The Hall–Kier alpha value is -2.25. The van der Waals surface area contributed by atoms with Gasteiger partial charge in [-0.15, -0.1) is 0 Å². The molecule has 0 aliphatic heterocycles. The van der Waals surface area contributed by atoms with Gasteiger partial charge in [-0.2, -0.15) is 18.3 Å². The molecule has 96 valence electrons. The third-order valence-electron chi connectivity index (χ3n) is 2.06. The Balaban J connectivity index is 1.98. The van der Waals surface area contributed by atoms with Crippen molar-refractivity contribution in [2.24, 2.45) is 0 Å². The van der Waals surface area contributed by atoms with Crippen LogP contribution in [0, 0.1) is 0 Å². The largest absolute Gasteiger partial charge is 0.440 e. The Morgan fingerprint density at radius 1 is 1.44 bits per heavy atom. The summed E-state index contributed by atoms with van der Waals surface area (Å²) < 4.78 is 39.4. The standard InChI is InChI=1S/C10H8F3N3O2/c11-10(12,13)5-18-9(17)15-7-2-1-6-4-14-16-8(6)3-7/h1-4H,5H2,(H,14,16)(H,15,17). The number of hydrogen-bond donors (Lipinski definition) is 2. The van der Waals surface area contributed by atoms with E-state index in [2.05, 4.69) is 20.3 Å². The molecular weight excluding hydrogens is 251 g/mol. The number of anilines is 1. The zero-order chi connectivity index (χ0) is 13.2. The quantitative estimate of drug-likeness (QED) is 0.871. The van der Waals surface area contributed by atoms with Crippen molar-refractivity contribution >= 4 is 22.7 Å². The Morgan fingerprint density at radius 2 is 2.22 bits per heavy atom. The normalized spacial score (nSPS) is 11.5. The third kappa shape index (κ3) is 3.12. The number of benzene rings is 1. The van der Waals surface area contributed by atoms with E-state index < -0.39 is 18.9 Å². The Labute approximate surface area is 98.9 Å². The van der Waals surface area contributed by atoms with E-state index in [-0.39, 0.29) is 0 Å². The molecule has 0 spiro atoms. The maximum Gasteiger partial charge on any atom is 0.422 e. The molecule has 0 aliphatic rings. The van der Waals surface area contributed by atoms with Gasteiger partial charge in [0.1, 0.15) is 0 Å². The van der Waals surface area contributed by atoms with Gasteiger partial charge in [0.05, 0.1) is 11.7 Å². The van der Waals surface area contributed by atoms with E-state index in [4.69, 9.17) is 0 Å². The molecule has 0 saturated carbocycles. The molecule has 0 radical (unpaired) electrons. The fourth-order valence-corrected chi connectivity index (χ4v) is 1.32. The van der Waals surface area contributed by atoms with E-state index in [1.807, 2.05) is 0 Å². The molecule has 18 heavy (non-hydrogen) atoms. The maximum absolute atomic E-state index is 11.8. The number of rotatable bonds is 2. The lowest BCUT2D eigenvalue weighted by atomic mass is 10.2. The summed E-state index contributed by atoms with van der Waals surface area (Å²) in [5, 5.41) is 9.45. The summed E-state index contributed by atoms with van der Waals surface area (Å²) >= 11 is 0. The van der Waals surface area contributed by atoms with Crippen LogP contribution in [-0.4, -0.2) is 29.1 Å². The van der Waals surface area contributed by atoms with Gasteiger partial charge in [-0.1, -0.05) is 0 Å². The number of H-pyrrole nitrogens is 1. The first-order chi connectivity index (χ1) is 8.44. The molecule has 1 aromatic carbocycles. The molecule has 1 amide bonds. The monoisotopic (exact) mass is 259 g/mol. The summed E-state index contributed by atoms with van der Waals surface area (Å²) in [6, 6.07) is 4.74. The number of hydrogen-bond acceptors (Lipinski definition) is 3. The van der Waals surface area contributed by atoms with Crippen molar-refractivity contribution in [2.75, 3.05) is 11.9 Å². The smallest absolute Gasteiger partial charge is 0.422 e. The predicted octanol–water partition coefficient (Wildman–Crippen LogP) is 2.67. The number of alkyl halides is 3. The fraction of sp³-hybridized carbons (Fsp3) is 0.200. The van der Waals surface area contributed by atoms with Crippen LogP contribution < -0.4 is 5.32 Å². The van der Waals surface area contributed by atoms with E-state index in [9.17, 15) is 18.0 Å². The van der Waals surface area contributed by atoms with E-state index in [0.29, 0.717) is 11.2 Å². The number of aromatic nitrogens is 2. The highest BCUT2D eigenvalue weighted by molar-refractivity contribution is 5.89. The molecule has 0 saturated heterocycles. The van der Waals surface area contributed by atoms with Crippen LogP contribution in [0.5, 0.6) is 0 Å². The summed E-state index contributed by atoms with van der Waals surface area (Å²) in [5.74, 6) is 0. The predicted molar refractivity (Wildman–Crippen MR) is 57.1 cm³/mol. The molecule has 1 heterocycles. The molecule has 8 heteroatoms. The number of carbonyl (C=O) groups excluding carboxylic acids is 1. The van der Waals surface area contributed by atoms with Crippen LogP contribution in [0.25, 0.3) is 10.9 Å². The van der Waals surface area contributed by atoms with E-state index in [1.165, 1.54) is 12.1 Å². The Morgan fingerprint density at radius 3 is 2.94 bits per heavy atom. The second-order valence-corrected chi connectivity index (χ2v) is 3.49. The zero-order valence-electron chi connectivity index (χ0n) is 8.91. The van der Waals surface area contributed by atoms with Crippen LogP contribution in [-0.2, 0) is 4.74 Å². The summed E-state index contributed by atoms with van der Waals surface area (Å²) in [7, 11) is 0. The zero-order valence-corrected chi connectivity index (χ0v) is 8.91. The SMILES string of the molecule is O=C(Nc1ccc2cn[nH]c2c1)OCC(F)(F)F. The summed E-state index contributed by atoms with van der Waals surface area (Å²) in [5.41, 5.74) is 0.975. The van der Waals surface area contributed by atoms with Gasteiger partial charge in [-0.05, 0) is 18.2 Å². The van der Waals surface area contributed by atoms with Gasteiger partial charge in [0.2, 0.25) is 0 Å². The van der Waals surface area contributed by atoms with E-state index in [1.54, 1.807) is 12.3 Å². The molecule has 5 nitrogen and oxygen atoms in total. The first-order valence-corrected chi connectivity index (χ1v) is 4.88. The van der Waals surface area contributed by atoms with Crippen molar-refractivity contribution in [1.29, 1.82) is 0 Å². The van der Waals surface area contributed by atoms with Crippen LogP contribution >= 0.6 is 0 Å². The molecule has 0 atom stereocenters. The average Bonchev–Trinajstić information content (AvgIpc) is 2.72. The number of amides is 1. The van der Waals surface area contributed by atoms with Gasteiger partial charge in [-0.3, -0.25) is 10.4 Å². The Kier molecular flexibility index (Phi) is 3.09. The van der Waals surface area contributed by atoms with Gasteiger partial charge >= 0.3 is 12.3 Å². The minimum atomic E-state index is -4.54. The summed E-state index contributed by atoms with van der Waals surface area (Å²) in [6.07, 6.45) is -4.11. The summed E-state index contributed by atoms with van der Waals surface area (Å²) in [6.45, 7) is -1.62. The Bertz CT molecular complexity index is 565. The van der Waals surface area contributed by atoms with Crippen LogP contribution in [0.15, 0.2) is 24.4 Å². The van der Waals surface area contributed by atoms with Crippen LogP contribution in [0.4, 0.5) is 23.7 Å². The lowest BCUT2D eigenvalue weighted by molar-refractivity contribution is -0.159. The van der Waals surface area contributed by atoms with Crippen molar-refractivity contribution in [3.05, 3.63) is 24.4 Å². The van der Waals surface area contributed by atoms with Crippen molar-refractivity contribution < 1.29 is 22.7 Å². The fourth-order valence-electron chi connectivity index (χ4n) is 1.32. The third-order valence-corrected chi connectivity index (χ3v) is 2.06. The van der Waals surface area contributed by atoms with Crippen molar-refractivity contribution in [3.63, 3.8) is 0 Å². The molecular formula is C10H8F3N3O2. The first kappa shape index (κ1) is 12.2. The van der Waals surface area contributed by atoms with Gasteiger partial charge in [0.25, 0.3) is 0 Å². The number of halogens is 3. The highest BCUT2D eigenvalue weighted by Gasteiger charge is 2.29. The number of carbonyl (C=O) groups is 1. The lowest BCUT2D eigenvalue weighted by Gasteiger charge is -2.08. The van der Waals surface area contributed by atoms with Gasteiger partial charge in [-0.25, -0.2) is 4.79 Å². The number of nitrogens with zero attached hydrogens (tertiary/aromatic N) is 1. The second-order valence-electron chi connectivity index (χ2n) is 3.49. The van der Waals surface area contributed by atoms with Gasteiger partial charge in [0.15, 0.2) is 6.61 Å². The molecule has 2 aromatic rings. The molecule has 0 aliphatic carbocycles. The molecule has 2 N–H and O–H groups in total. The van der Waals surface area contributed by atoms with Crippen molar-refractivity contribution in [3.8, 4) is 0 Å². The highest BCUT2D eigenvalue weighted by atomic mass is 19.4. The minimum Gasteiger partial charge on any atom is -0.440 e.